The number of benzene rings is 2. The highest BCUT2D eigenvalue weighted by molar-refractivity contribution is 7.99. The molecule has 8 nitrogen and oxygen atoms in total. The van der Waals surface area contributed by atoms with E-state index in [4.69, 9.17) is 9.47 Å². The van der Waals surface area contributed by atoms with E-state index in [1.165, 1.54) is 11.8 Å². The number of hydrogen-bond donors (Lipinski definition) is 2. The van der Waals surface area contributed by atoms with Gasteiger partial charge in [-0.3, -0.25) is 9.59 Å². The Morgan fingerprint density at radius 1 is 0.532 bits per heavy atom. The fraction of sp³-hybridized carbons (Fsp3) is 0.579. The first-order valence-corrected chi connectivity index (χ1v) is 17.2. The molecule has 260 valence electrons. The van der Waals surface area contributed by atoms with Crippen molar-refractivity contribution in [1.82, 2.24) is 0 Å². The predicted molar refractivity (Wildman–Crippen MR) is 188 cm³/mol. The molecule has 2 aromatic rings. The number of ether oxygens (including phenoxy) is 2. The van der Waals surface area contributed by atoms with Gasteiger partial charge in [-0.1, -0.05) is 107 Å². The van der Waals surface area contributed by atoms with Gasteiger partial charge in [-0.15, -0.1) is 0 Å². The van der Waals surface area contributed by atoms with E-state index in [0.717, 1.165) is 0 Å². The maximum Gasteiger partial charge on any atom is 0.374 e. The van der Waals surface area contributed by atoms with Crippen molar-refractivity contribution in [2.75, 3.05) is 24.7 Å². The average molecular weight is 671 g/mol. The van der Waals surface area contributed by atoms with Crippen LogP contribution in [0, 0.1) is 0 Å². The Balaban J connectivity index is 1.85. The molecule has 0 heterocycles. The molecule has 0 saturated heterocycles. The van der Waals surface area contributed by atoms with E-state index in [-0.39, 0.29) is 59.2 Å². The van der Waals surface area contributed by atoms with Gasteiger partial charge in [0, 0.05) is 24.3 Å². The minimum Gasteiger partial charge on any atom is -0.507 e. The van der Waals surface area contributed by atoms with Gasteiger partial charge in [-0.05, 0) is 55.0 Å². The lowest BCUT2D eigenvalue weighted by atomic mass is 9.78. The van der Waals surface area contributed by atoms with Crippen LogP contribution >= 0.6 is 11.8 Å². The number of thioether (sulfide) groups is 1. The molecule has 9 heteroatoms. The van der Waals surface area contributed by atoms with Crippen LogP contribution in [0.15, 0.2) is 24.3 Å². The Morgan fingerprint density at radius 2 is 0.787 bits per heavy atom. The molecule has 0 saturated carbocycles. The third-order valence-corrected chi connectivity index (χ3v) is 8.59. The molecule has 47 heavy (non-hydrogen) atoms. The van der Waals surface area contributed by atoms with Crippen LogP contribution in [0.4, 0.5) is 0 Å². The van der Waals surface area contributed by atoms with Gasteiger partial charge in [0.25, 0.3) is 0 Å². The zero-order valence-corrected chi connectivity index (χ0v) is 31.1. The second kappa shape index (κ2) is 15.3. The van der Waals surface area contributed by atoms with Crippen molar-refractivity contribution >= 4 is 35.3 Å². The van der Waals surface area contributed by atoms with Crippen LogP contribution in [0.5, 0.6) is 11.5 Å². The Labute approximate surface area is 285 Å². The van der Waals surface area contributed by atoms with Crippen LogP contribution in [-0.4, -0.2) is 58.4 Å². The first kappa shape index (κ1) is 39.8. The number of rotatable bonds is 12. The number of ketones is 2. The molecule has 2 rings (SSSR count). The highest BCUT2D eigenvalue weighted by Gasteiger charge is 2.29. The van der Waals surface area contributed by atoms with E-state index < -0.39 is 23.5 Å². The largest absolute Gasteiger partial charge is 0.507 e. The van der Waals surface area contributed by atoms with Crippen molar-refractivity contribution in [3.8, 4) is 11.5 Å². The van der Waals surface area contributed by atoms with Gasteiger partial charge in [0.1, 0.15) is 24.7 Å². The van der Waals surface area contributed by atoms with Crippen molar-refractivity contribution in [2.45, 2.75) is 118 Å². The Morgan fingerprint density at radius 3 is 1.02 bits per heavy atom. The highest BCUT2D eigenvalue weighted by Crippen LogP contribution is 2.41. The number of phenols is 2. The van der Waals surface area contributed by atoms with Crippen LogP contribution < -0.4 is 0 Å². The summed E-state index contributed by atoms with van der Waals surface area (Å²) in [6.07, 6.45) is -0.275. The van der Waals surface area contributed by atoms with E-state index in [2.05, 4.69) is 0 Å². The first-order chi connectivity index (χ1) is 21.3. The highest BCUT2D eigenvalue weighted by atomic mass is 32.2. The number of hydrogen-bond acceptors (Lipinski definition) is 9. The summed E-state index contributed by atoms with van der Waals surface area (Å²) in [6, 6.07) is 7.09. The molecule has 0 unspecified atom stereocenters. The van der Waals surface area contributed by atoms with E-state index in [0.29, 0.717) is 44.9 Å². The van der Waals surface area contributed by atoms with Crippen LogP contribution in [0.2, 0.25) is 0 Å². The van der Waals surface area contributed by atoms with Crippen LogP contribution in [-0.2, 0) is 63.2 Å². The predicted octanol–water partition coefficient (Wildman–Crippen LogP) is 7.03. The molecule has 0 spiro atoms. The fourth-order valence-electron chi connectivity index (χ4n) is 5.04. The van der Waals surface area contributed by atoms with Crippen molar-refractivity contribution in [1.29, 1.82) is 0 Å². The van der Waals surface area contributed by atoms with Crippen molar-refractivity contribution in [3.05, 3.63) is 57.6 Å². The summed E-state index contributed by atoms with van der Waals surface area (Å²) in [5.41, 5.74) is 2.69. The zero-order chi connectivity index (χ0) is 36.1. The summed E-state index contributed by atoms with van der Waals surface area (Å²) >= 11 is 1.36. The number of Topliss-reactive ketones (excluding diaryl/α,β-unsaturated/α-hetero) is 2. The second-order valence-corrected chi connectivity index (χ2v) is 17.4. The number of phenolic OH excluding ortho intramolecular Hbond substituents is 2. The first-order valence-electron chi connectivity index (χ1n) is 16.1. The summed E-state index contributed by atoms with van der Waals surface area (Å²) in [7, 11) is 0. The van der Waals surface area contributed by atoms with E-state index in [1.807, 2.05) is 83.1 Å². The van der Waals surface area contributed by atoms with E-state index in [9.17, 15) is 29.4 Å². The normalized spacial score (nSPS) is 12.5. The van der Waals surface area contributed by atoms with Gasteiger partial charge in [0.05, 0.1) is 0 Å². The minimum atomic E-state index is -0.927. The lowest BCUT2D eigenvalue weighted by Crippen LogP contribution is -2.23. The molecule has 0 aromatic heterocycles. The number of aromatic hydroxyl groups is 2. The van der Waals surface area contributed by atoms with Gasteiger partial charge in [0.2, 0.25) is 11.6 Å². The fourth-order valence-corrected chi connectivity index (χ4v) is 5.65. The molecule has 2 aromatic carbocycles. The molecule has 0 aliphatic heterocycles. The average Bonchev–Trinajstić information content (AvgIpc) is 2.91. The van der Waals surface area contributed by atoms with Gasteiger partial charge < -0.3 is 19.7 Å². The summed E-state index contributed by atoms with van der Waals surface area (Å²) in [5.74, 6) is -2.03. The topological polar surface area (TPSA) is 127 Å². The SMILES string of the molecule is CC(C)(C)c1cc(CC(=O)C(=O)OCCSCCOC(=O)C(=O)Cc2cc(C(C)(C)C)c(O)c(C(C)(C)C)c2)cc(C(C)(C)C)c1O. The smallest absolute Gasteiger partial charge is 0.374 e. The minimum absolute atomic E-state index is 0.00521. The standard InChI is InChI=1S/C38H54O8S/c1-35(2,3)25-17-23(18-26(31(25)41)36(4,5)6)21-29(39)33(43)45-13-15-47-16-14-46-34(44)30(40)22-24-19-27(37(7,8)9)32(42)28(20-24)38(10,11)12/h17-20,41-42H,13-16,21-22H2,1-12H3. The molecule has 0 bridgehead atoms. The Kier molecular flexibility index (Phi) is 12.9. The van der Waals surface area contributed by atoms with E-state index in [1.54, 1.807) is 24.3 Å². The Bertz CT molecular complexity index is 1300. The third kappa shape index (κ3) is 11.4. The van der Waals surface area contributed by atoms with Gasteiger partial charge in [-0.25, -0.2) is 9.59 Å². The van der Waals surface area contributed by atoms with Crippen LogP contribution in [0.3, 0.4) is 0 Å². The van der Waals surface area contributed by atoms with Crippen LogP contribution in [0.25, 0.3) is 0 Å². The second-order valence-electron chi connectivity index (χ2n) is 16.2. The van der Waals surface area contributed by atoms with E-state index >= 15 is 0 Å². The van der Waals surface area contributed by atoms with Crippen molar-refractivity contribution in [3.63, 3.8) is 0 Å². The number of carbonyl (C=O) groups excluding carboxylic acids is 4. The van der Waals surface area contributed by atoms with Gasteiger partial charge >= 0.3 is 11.9 Å². The van der Waals surface area contributed by atoms with Gasteiger partial charge in [0.15, 0.2) is 0 Å². The molecule has 0 aliphatic rings. The lowest BCUT2D eigenvalue weighted by Gasteiger charge is -2.28. The maximum atomic E-state index is 12.7. The number of carbonyl (C=O) groups is 4. The summed E-state index contributed by atoms with van der Waals surface area (Å²) in [5, 5.41) is 21.8. The molecule has 0 atom stereocenters. The molecule has 2 N–H and O–H groups in total. The van der Waals surface area contributed by atoms with Crippen LogP contribution in [0.1, 0.15) is 116 Å². The third-order valence-electron chi connectivity index (χ3n) is 7.68. The lowest BCUT2D eigenvalue weighted by molar-refractivity contribution is -0.153. The number of esters is 2. The summed E-state index contributed by atoms with van der Waals surface area (Å²) in [6.45, 7) is 23.8. The summed E-state index contributed by atoms with van der Waals surface area (Å²) in [4.78, 5) is 50.1. The summed E-state index contributed by atoms with van der Waals surface area (Å²) < 4.78 is 10.3. The molecule has 0 aliphatic carbocycles. The Hall–Kier alpha value is -3.33. The molecule has 0 radical (unpaired) electrons. The van der Waals surface area contributed by atoms with Crippen molar-refractivity contribution in [2.24, 2.45) is 0 Å². The monoisotopic (exact) mass is 670 g/mol. The maximum absolute atomic E-state index is 12.7. The molecule has 0 amide bonds. The van der Waals surface area contributed by atoms with Gasteiger partial charge in [-0.2, -0.15) is 11.8 Å². The molecular weight excluding hydrogens is 616 g/mol. The quantitative estimate of drug-likeness (QED) is 0.139. The molecule has 0 fully saturated rings. The zero-order valence-electron chi connectivity index (χ0n) is 30.3. The molecular formula is C38H54O8S. The van der Waals surface area contributed by atoms with Crippen molar-refractivity contribution < 1.29 is 38.9 Å².